The van der Waals surface area contributed by atoms with Gasteiger partial charge in [0.15, 0.2) is 0 Å². The van der Waals surface area contributed by atoms with Gasteiger partial charge in [0, 0.05) is 6.61 Å². The monoisotopic (exact) mass is 153 g/mol. The summed E-state index contributed by atoms with van der Waals surface area (Å²) in [7, 11) is 1.64. The molecule has 0 aliphatic heterocycles. The second kappa shape index (κ2) is 3.98. The van der Waals surface area contributed by atoms with Gasteiger partial charge in [0.25, 0.3) is 0 Å². The molecular weight excluding hydrogens is 141 g/mol. The van der Waals surface area contributed by atoms with Crippen LogP contribution in [-0.2, 0) is 6.42 Å². The van der Waals surface area contributed by atoms with Crippen LogP contribution in [-0.4, -0.2) is 18.8 Å². The standard InChI is InChI=1S/C9H12O2/c1-11-9-4-2-8(3-5-9)6-7-10/h2-5,10H,6-7H2,1H3/i6+1. The van der Waals surface area contributed by atoms with Crippen molar-refractivity contribution in [2.24, 2.45) is 0 Å². The molecule has 0 bridgehead atoms. The van der Waals surface area contributed by atoms with Crippen molar-refractivity contribution in [3.8, 4) is 5.75 Å². The molecule has 0 heterocycles. The van der Waals surface area contributed by atoms with Crippen molar-refractivity contribution in [3.63, 3.8) is 0 Å². The molecule has 2 heteroatoms. The Hall–Kier alpha value is -1.02. The second-order valence-electron chi connectivity index (χ2n) is 2.32. The van der Waals surface area contributed by atoms with Crippen LogP contribution in [0.1, 0.15) is 5.56 Å². The highest BCUT2D eigenvalue weighted by Gasteiger charge is 1.91. The third kappa shape index (κ3) is 2.24. The molecule has 0 saturated carbocycles. The Morgan fingerprint density at radius 2 is 1.91 bits per heavy atom. The van der Waals surface area contributed by atoms with E-state index in [4.69, 9.17) is 9.84 Å². The first-order valence-corrected chi connectivity index (χ1v) is 3.60. The topological polar surface area (TPSA) is 29.5 Å². The van der Waals surface area contributed by atoms with Gasteiger partial charge < -0.3 is 9.84 Å². The van der Waals surface area contributed by atoms with E-state index >= 15 is 0 Å². The van der Waals surface area contributed by atoms with E-state index in [0.717, 1.165) is 11.3 Å². The Morgan fingerprint density at radius 3 is 2.36 bits per heavy atom. The third-order valence-corrected chi connectivity index (χ3v) is 1.56. The zero-order valence-corrected chi connectivity index (χ0v) is 6.58. The lowest BCUT2D eigenvalue weighted by molar-refractivity contribution is 0.299. The van der Waals surface area contributed by atoms with Crippen LogP contribution in [0.4, 0.5) is 0 Å². The highest BCUT2D eigenvalue weighted by Crippen LogP contribution is 2.10. The van der Waals surface area contributed by atoms with Crippen molar-refractivity contribution in [2.45, 2.75) is 6.42 Å². The summed E-state index contributed by atoms with van der Waals surface area (Å²) in [6.07, 6.45) is 0.712. The molecular formula is C9H12O2. The molecule has 0 atom stereocenters. The van der Waals surface area contributed by atoms with Gasteiger partial charge in [-0.2, -0.15) is 0 Å². The molecule has 1 aromatic carbocycles. The van der Waals surface area contributed by atoms with Crippen LogP contribution in [0, 0.1) is 0 Å². The maximum absolute atomic E-state index is 8.61. The number of hydrogen-bond acceptors (Lipinski definition) is 2. The van der Waals surface area contributed by atoms with E-state index < -0.39 is 0 Å². The number of aliphatic hydroxyl groups excluding tert-OH is 1. The Morgan fingerprint density at radius 1 is 1.27 bits per heavy atom. The lowest BCUT2D eigenvalue weighted by Crippen LogP contribution is -1.90. The summed E-state index contributed by atoms with van der Waals surface area (Å²) in [5.41, 5.74) is 1.13. The maximum atomic E-state index is 8.61. The molecule has 0 spiro atoms. The van der Waals surface area contributed by atoms with E-state index in [0.29, 0.717) is 6.42 Å². The molecule has 1 N–H and O–H groups in total. The zero-order valence-electron chi connectivity index (χ0n) is 6.58. The fraction of sp³-hybridized carbons (Fsp3) is 0.333. The summed E-state index contributed by atoms with van der Waals surface area (Å²) >= 11 is 0. The van der Waals surface area contributed by atoms with Gasteiger partial charge in [0.2, 0.25) is 0 Å². The van der Waals surface area contributed by atoms with Gasteiger partial charge in [-0.1, -0.05) is 12.1 Å². The molecule has 1 aromatic rings. The molecule has 0 aliphatic carbocycles. The van der Waals surface area contributed by atoms with Crippen LogP contribution in [0.3, 0.4) is 0 Å². The minimum Gasteiger partial charge on any atom is -0.497 e. The average molecular weight is 153 g/mol. The van der Waals surface area contributed by atoms with E-state index in [2.05, 4.69) is 0 Å². The van der Waals surface area contributed by atoms with Crippen LogP contribution in [0.5, 0.6) is 5.75 Å². The first kappa shape index (κ1) is 8.08. The van der Waals surface area contributed by atoms with Gasteiger partial charge in [0.05, 0.1) is 7.11 Å². The molecule has 0 aliphatic rings. The number of methoxy groups -OCH3 is 1. The van der Waals surface area contributed by atoms with Crippen molar-refractivity contribution >= 4 is 0 Å². The van der Waals surface area contributed by atoms with Crippen molar-refractivity contribution in [1.82, 2.24) is 0 Å². The van der Waals surface area contributed by atoms with Crippen LogP contribution in [0.2, 0.25) is 0 Å². The third-order valence-electron chi connectivity index (χ3n) is 1.56. The van der Waals surface area contributed by atoms with Crippen molar-refractivity contribution in [3.05, 3.63) is 29.8 Å². The molecule has 2 nitrogen and oxygen atoms in total. The van der Waals surface area contributed by atoms with Crippen LogP contribution in [0.25, 0.3) is 0 Å². The second-order valence-corrected chi connectivity index (χ2v) is 2.32. The molecule has 0 unspecified atom stereocenters. The van der Waals surface area contributed by atoms with Crippen LogP contribution < -0.4 is 4.74 Å². The van der Waals surface area contributed by atoms with Gasteiger partial charge in [-0.05, 0) is 24.1 Å². The lowest BCUT2D eigenvalue weighted by atomic mass is 10.2. The Labute approximate surface area is 66.4 Å². The first-order chi connectivity index (χ1) is 5.36. The van der Waals surface area contributed by atoms with E-state index in [1.807, 2.05) is 24.3 Å². The molecule has 0 fully saturated rings. The first-order valence-electron chi connectivity index (χ1n) is 3.60. The van der Waals surface area contributed by atoms with Gasteiger partial charge in [0.1, 0.15) is 5.75 Å². The highest BCUT2D eigenvalue weighted by molar-refractivity contribution is 5.27. The van der Waals surface area contributed by atoms with E-state index in [1.54, 1.807) is 7.11 Å². The Kier molecular flexibility index (Phi) is 2.93. The molecule has 0 radical (unpaired) electrons. The quantitative estimate of drug-likeness (QED) is 0.662. The summed E-state index contributed by atoms with van der Waals surface area (Å²) in [6.45, 7) is 0.201. The molecule has 60 valence electrons. The van der Waals surface area contributed by atoms with Crippen LogP contribution >= 0.6 is 0 Å². The minimum absolute atomic E-state index is 0.201. The molecule has 0 aromatic heterocycles. The van der Waals surface area contributed by atoms with Gasteiger partial charge in [-0.25, -0.2) is 0 Å². The van der Waals surface area contributed by atoms with Gasteiger partial charge in [-0.15, -0.1) is 0 Å². The smallest absolute Gasteiger partial charge is 0.118 e. The number of benzene rings is 1. The average Bonchev–Trinajstić information content (AvgIpc) is 2.07. The maximum Gasteiger partial charge on any atom is 0.118 e. The summed E-state index contributed by atoms with van der Waals surface area (Å²) < 4.78 is 4.98. The summed E-state index contributed by atoms with van der Waals surface area (Å²) in [5.74, 6) is 0.853. The van der Waals surface area contributed by atoms with E-state index in [1.165, 1.54) is 0 Å². The zero-order chi connectivity index (χ0) is 8.10. The fourth-order valence-corrected chi connectivity index (χ4v) is 0.921. The largest absolute Gasteiger partial charge is 0.497 e. The molecule has 0 amide bonds. The minimum atomic E-state index is 0.201. The van der Waals surface area contributed by atoms with Crippen molar-refractivity contribution in [1.29, 1.82) is 0 Å². The molecule has 0 saturated heterocycles. The Bertz CT molecular complexity index is 203. The lowest BCUT2D eigenvalue weighted by Gasteiger charge is -2.00. The van der Waals surface area contributed by atoms with Crippen LogP contribution in [0.15, 0.2) is 24.3 Å². The number of rotatable bonds is 3. The van der Waals surface area contributed by atoms with Gasteiger partial charge in [-0.3, -0.25) is 0 Å². The van der Waals surface area contributed by atoms with Gasteiger partial charge >= 0.3 is 0 Å². The number of hydrogen-bond donors (Lipinski definition) is 1. The van der Waals surface area contributed by atoms with E-state index in [-0.39, 0.29) is 6.61 Å². The van der Waals surface area contributed by atoms with E-state index in [9.17, 15) is 0 Å². The van der Waals surface area contributed by atoms with Crippen molar-refractivity contribution < 1.29 is 9.84 Å². The predicted molar refractivity (Wildman–Crippen MR) is 43.8 cm³/mol. The predicted octanol–water partition coefficient (Wildman–Crippen LogP) is 1.23. The SMILES string of the molecule is COc1ccc([13CH2]CO)cc1. The number of ether oxygens (including phenoxy) is 1. The normalized spacial score (nSPS) is 9.64. The summed E-state index contributed by atoms with van der Waals surface area (Å²) in [5, 5.41) is 8.61. The van der Waals surface area contributed by atoms with Crippen molar-refractivity contribution in [2.75, 3.05) is 13.7 Å². The number of aliphatic hydroxyl groups is 1. The molecule has 11 heavy (non-hydrogen) atoms. The highest BCUT2D eigenvalue weighted by atomic mass is 16.5. The molecule has 1 rings (SSSR count). The summed E-state index contributed by atoms with van der Waals surface area (Å²) in [6, 6.07) is 7.69. The Balaban J connectivity index is 2.66. The summed E-state index contributed by atoms with van der Waals surface area (Å²) in [4.78, 5) is 0. The fourth-order valence-electron chi connectivity index (χ4n) is 0.921.